The summed E-state index contributed by atoms with van der Waals surface area (Å²) in [4.78, 5) is 40.2. The van der Waals surface area contributed by atoms with Gasteiger partial charge >= 0.3 is 5.69 Å². The van der Waals surface area contributed by atoms with E-state index in [2.05, 4.69) is 10.3 Å². The molecule has 17 heavy (non-hydrogen) atoms. The molecule has 1 aliphatic heterocycles. The topological polar surface area (TPSA) is 98.1 Å². The van der Waals surface area contributed by atoms with Gasteiger partial charge < -0.3 is 15.2 Å². The number of hydrogen-bond acceptors (Lipinski definition) is 4. The van der Waals surface area contributed by atoms with Gasteiger partial charge in [0.25, 0.3) is 11.5 Å². The Labute approximate surface area is 96.8 Å². The van der Waals surface area contributed by atoms with Crippen LogP contribution >= 0.6 is 0 Å². The number of aromatic amines is 2. The lowest BCUT2D eigenvalue weighted by Gasteiger charge is -2.31. The molecule has 0 bridgehead atoms. The Balaban J connectivity index is 2.24. The smallest absolute Gasteiger partial charge is 0.326 e. The fraction of sp³-hybridized carbons (Fsp3) is 0.500. The van der Waals surface area contributed by atoms with Crippen LogP contribution in [0.25, 0.3) is 0 Å². The molecule has 1 aliphatic rings. The normalized spacial score (nSPS) is 20.3. The van der Waals surface area contributed by atoms with Gasteiger partial charge in [-0.25, -0.2) is 4.79 Å². The second kappa shape index (κ2) is 4.54. The first-order chi connectivity index (χ1) is 8.06. The van der Waals surface area contributed by atoms with Gasteiger partial charge in [-0.05, 0) is 6.92 Å². The summed E-state index contributed by atoms with van der Waals surface area (Å²) in [6, 6.07) is 1.32. The van der Waals surface area contributed by atoms with Crippen molar-refractivity contribution in [1.29, 1.82) is 0 Å². The van der Waals surface area contributed by atoms with E-state index in [1.807, 2.05) is 11.9 Å². The molecule has 2 heterocycles. The number of piperazine rings is 1. The number of nitrogens with one attached hydrogen (secondary N) is 3. The number of nitrogens with zero attached hydrogens (tertiary/aromatic N) is 1. The van der Waals surface area contributed by atoms with Crippen LogP contribution < -0.4 is 16.6 Å². The standard InChI is InChI=1S/C10H14N4O3/c1-6-5-14(3-2-11-6)9(16)7-4-8(15)13-10(17)12-7/h4,6,11H,2-3,5H2,1H3,(H2,12,13,15,17)/t6-/m1/s1. The van der Waals surface area contributed by atoms with Crippen LogP contribution in [0.2, 0.25) is 0 Å². The predicted octanol–water partition coefficient (Wildman–Crippen LogP) is -1.50. The minimum absolute atomic E-state index is 0.0350. The number of rotatable bonds is 1. The van der Waals surface area contributed by atoms with Gasteiger partial charge in [0.1, 0.15) is 5.69 Å². The van der Waals surface area contributed by atoms with Crippen molar-refractivity contribution in [3.63, 3.8) is 0 Å². The summed E-state index contributed by atoms with van der Waals surface area (Å²) < 4.78 is 0. The first-order valence-corrected chi connectivity index (χ1v) is 5.42. The Morgan fingerprint density at radius 3 is 2.82 bits per heavy atom. The van der Waals surface area contributed by atoms with Gasteiger partial charge in [0.05, 0.1) is 0 Å². The predicted molar refractivity (Wildman–Crippen MR) is 61.1 cm³/mol. The number of H-pyrrole nitrogens is 2. The quantitative estimate of drug-likeness (QED) is 0.554. The fourth-order valence-corrected chi connectivity index (χ4v) is 1.87. The zero-order chi connectivity index (χ0) is 12.4. The lowest BCUT2D eigenvalue weighted by atomic mass is 10.2. The summed E-state index contributed by atoms with van der Waals surface area (Å²) in [5.74, 6) is -0.318. The van der Waals surface area contributed by atoms with Gasteiger partial charge in [0.2, 0.25) is 0 Å². The third kappa shape index (κ3) is 2.62. The van der Waals surface area contributed by atoms with Crippen LogP contribution in [0.3, 0.4) is 0 Å². The van der Waals surface area contributed by atoms with Gasteiger partial charge in [-0.3, -0.25) is 14.6 Å². The van der Waals surface area contributed by atoms with Gasteiger partial charge in [0.15, 0.2) is 0 Å². The molecule has 7 heteroatoms. The maximum absolute atomic E-state index is 12.0. The number of carbonyl (C=O) groups is 1. The van der Waals surface area contributed by atoms with Crippen molar-refractivity contribution >= 4 is 5.91 Å². The SMILES string of the molecule is C[C@@H]1CN(C(=O)c2cc(=O)[nH]c(=O)[nH]2)CCN1. The Morgan fingerprint density at radius 2 is 2.18 bits per heavy atom. The molecule has 92 valence electrons. The van der Waals surface area contributed by atoms with Crippen molar-refractivity contribution in [2.45, 2.75) is 13.0 Å². The van der Waals surface area contributed by atoms with E-state index in [0.29, 0.717) is 19.6 Å². The molecule has 0 aliphatic carbocycles. The number of aromatic nitrogens is 2. The van der Waals surface area contributed by atoms with E-state index in [9.17, 15) is 14.4 Å². The molecule has 1 aromatic rings. The highest BCUT2D eigenvalue weighted by molar-refractivity contribution is 5.92. The van der Waals surface area contributed by atoms with Crippen LogP contribution in [0.5, 0.6) is 0 Å². The molecule has 1 amide bonds. The third-order valence-corrected chi connectivity index (χ3v) is 2.65. The molecule has 0 saturated carbocycles. The van der Waals surface area contributed by atoms with Gasteiger partial charge in [-0.1, -0.05) is 0 Å². The Hall–Kier alpha value is -1.89. The number of amides is 1. The monoisotopic (exact) mass is 238 g/mol. The summed E-state index contributed by atoms with van der Waals surface area (Å²) >= 11 is 0. The van der Waals surface area contributed by atoms with E-state index in [-0.39, 0.29) is 17.6 Å². The molecular weight excluding hydrogens is 224 g/mol. The molecule has 7 nitrogen and oxygen atoms in total. The molecule has 1 aromatic heterocycles. The van der Waals surface area contributed by atoms with Crippen molar-refractivity contribution in [3.8, 4) is 0 Å². The van der Waals surface area contributed by atoms with Gasteiger partial charge in [-0.15, -0.1) is 0 Å². The first-order valence-electron chi connectivity index (χ1n) is 5.42. The molecule has 0 spiro atoms. The van der Waals surface area contributed by atoms with Gasteiger partial charge in [0, 0.05) is 31.7 Å². The Bertz CT molecular complexity index is 505. The van der Waals surface area contributed by atoms with E-state index in [1.165, 1.54) is 0 Å². The van der Waals surface area contributed by atoms with Crippen molar-refractivity contribution in [3.05, 3.63) is 32.6 Å². The van der Waals surface area contributed by atoms with Crippen LogP contribution in [0.1, 0.15) is 17.4 Å². The minimum Gasteiger partial charge on any atom is -0.335 e. The molecule has 0 aromatic carbocycles. The molecular formula is C10H14N4O3. The van der Waals surface area contributed by atoms with Crippen LogP contribution in [0.15, 0.2) is 15.7 Å². The molecule has 1 atom stereocenters. The highest BCUT2D eigenvalue weighted by atomic mass is 16.2. The third-order valence-electron chi connectivity index (χ3n) is 2.65. The minimum atomic E-state index is -0.663. The first kappa shape index (κ1) is 11.6. The van der Waals surface area contributed by atoms with Crippen LogP contribution in [-0.2, 0) is 0 Å². The molecule has 0 radical (unpaired) electrons. The van der Waals surface area contributed by atoms with Crippen molar-refractivity contribution < 1.29 is 4.79 Å². The molecule has 0 unspecified atom stereocenters. The maximum atomic E-state index is 12.0. The van der Waals surface area contributed by atoms with E-state index in [0.717, 1.165) is 6.07 Å². The van der Waals surface area contributed by atoms with Crippen molar-refractivity contribution in [2.75, 3.05) is 19.6 Å². The Morgan fingerprint density at radius 1 is 1.41 bits per heavy atom. The molecule has 1 fully saturated rings. The molecule has 1 saturated heterocycles. The average molecular weight is 238 g/mol. The summed E-state index contributed by atoms with van der Waals surface area (Å²) in [6.07, 6.45) is 0. The van der Waals surface area contributed by atoms with E-state index >= 15 is 0 Å². The fourth-order valence-electron chi connectivity index (χ4n) is 1.87. The van der Waals surface area contributed by atoms with E-state index in [4.69, 9.17) is 0 Å². The second-order valence-corrected chi connectivity index (χ2v) is 4.11. The highest BCUT2D eigenvalue weighted by Gasteiger charge is 2.22. The lowest BCUT2D eigenvalue weighted by Crippen LogP contribution is -2.51. The Kier molecular flexibility index (Phi) is 3.10. The molecule has 3 N–H and O–H groups in total. The summed E-state index contributed by atoms with van der Waals surface area (Å²) in [5, 5.41) is 3.21. The number of hydrogen-bond donors (Lipinski definition) is 3. The van der Waals surface area contributed by atoms with E-state index in [1.54, 1.807) is 4.90 Å². The average Bonchev–Trinajstić information content (AvgIpc) is 2.26. The lowest BCUT2D eigenvalue weighted by molar-refractivity contribution is 0.0702. The largest absolute Gasteiger partial charge is 0.335 e. The zero-order valence-corrected chi connectivity index (χ0v) is 9.45. The van der Waals surface area contributed by atoms with Crippen LogP contribution in [0, 0.1) is 0 Å². The highest BCUT2D eigenvalue weighted by Crippen LogP contribution is 2.03. The van der Waals surface area contributed by atoms with Gasteiger partial charge in [-0.2, -0.15) is 0 Å². The summed E-state index contributed by atoms with van der Waals surface area (Å²) in [5.41, 5.74) is -1.20. The summed E-state index contributed by atoms with van der Waals surface area (Å²) in [7, 11) is 0. The number of carbonyl (C=O) groups excluding carboxylic acids is 1. The van der Waals surface area contributed by atoms with Crippen LogP contribution in [-0.4, -0.2) is 46.5 Å². The maximum Gasteiger partial charge on any atom is 0.326 e. The van der Waals surface area contributed by atoms with Crippen molar-refractivity contribution in [2.24, 2.45) is 0 Å². The van der Waals surface area contributed by atoms with Crippen LogP contribution in [0.4, 0.5) is 0 Å². The molecule has 2 rings (SSSR count). The zero-order valence-electron chi connectivity index (χ0n) is 9.45. The summed E-state index contributed by atoms with van der Waals surface area (Å²) in [6.45, 7) is 3.81. The van der Waals surface area contributed by atoms with E-state index < -0.39 is 11.2 Å². The second-order valence-electron chi connectivity index (χ2n) is 4.11. The van der Waals surface area contributed by atoms with Crippen molar-refractivity contribution in [1.82, 2.24) is 20.2 Å².